The van der Waals surface area contributed by atoms with E-state index in [1.54, 1.807) is 13.3 Å². The number of hydrogen-bond acceptors (Lipinski definition) is 6. The zero-order chi connectivity index (χ0) is 22.8. The summed E-state index contributed by atoms with van der Waals surface area (Å²) in [7, 11) is 1.69. The summed E-state index contributed by atoms with van der Waals surface area (Å²) in [5.74, 6) is 1.18. The molecule has 0 saturated carbocycles. The first-order valence-electron chi connectivity index (χ1n) is 11.0. The normalized spacial score (nSPS) is 15.1. The summed E-state index contributed by atoms with van der Waals surface area (Å²) in [5.41, 5.74) is 2.74. The monoisotopic (exact) mass is 464 g/mol. The highest BCUT2D eigenvalue weighted by atomic mass is 35.5. The molecule has 1 aliphatic rings. The molecule has 0 aliphatic carbocycles. The van der Waals surface area contributed by atoms with E-state index in [1.165, 1.54) is 17.5 Å². The average Bonchev–Trinajstić information content (AvgIpc) is 3.52. The second kappa shape index (κ2) is 9.25. The van der Waals surface area contributed by atoms with Crippen LogP contribution in [-0.4, -0.2) is 51.4 Å². The number of H-pyrrole nitrogens is 1. The molecule has 170 valence electrons. The van der Waals surface area contributed by atoms with E-state index in [0.29, 0.717) is 18.2 Å². The molecule has 0 amide bonds. The standard InChI is InChI=1S/C24H25ClN6O2/c1-33-21-11-5-2-8-16(21)20(30-12-6-7-13-30)15-26-19-14-27-31(23(32)22(19)25)24-28-17-9-3-4-10-18(17)29-24/h2-5,8-11,14,20,26H,6-7,12-13,15H2,1H3,(H,28,29)/t20-/m1/s1. The van der Waals surface area contributed by atoms with E-state index in [-0.39, 0.29) is 11.1 Å². The quantitative estimate of drug-likeness (QED) is 0.429. The fraction of sp³-hybridized carbons (Fsp3) is 0.292. The molecular formula is C24H25ClN6O2. The van der Waals surface area contributed by atoms with E-state index < -0.39 is 5.56 Å². The van der Waals surface area contributed by atoms with E-state index >= 15 is 0 Å². The Labute approximate surface area is 196 Å². The summed E-state index contributed by atoms with van der Waals surface area (Å²) in [6.45, 7) is 2.60. The van der Waals surface area contributed by atoms with Crippen LogP contribution in [0.25, 0.3) is 17.0 Å². The number of nitrogens with zero attached hydrogens (tertiary/aromatic N) is 4. The molecule has 8 nitrogen and oxygen atoms in total. The lowest BCUT2D eigenvalue weighted by atomic mass is 10.0. The van der Waals surface area contributed by atoms with Crippen LogP contribution in [0.3, 0.4) is 0 Å². The molecule has 1 aliphatic heterocycles. The summed E-state index contributed by atoms with van der Waals surface area (Å²) in [6.07, 6.45) is 3.91. The number of methoxy groups -OCH3 is 1. The summed E-state index contributed by atoms with van der Waals surface area (Å²) in [5, 5.41) is 7.74. The molecule has 1 saturated heterocycles. The largest absolute Gasteiger partial charge is 0.496 e. The number of aromatic nitrogens is 4. The van der Waals surface area contributed by atoms with E-state index in [2.05, 4.69) is 31.3 Å². The highest BCUT2D eigenvalue weighted by molar-refractivity contribution is 6.32. The molecular weight excluding hydrogens is 440 g/mol. The molecule has 1 fully saturated rings. The lowest BCUT2D eigenvalue weighted by Crippen LogP contribution is -2.32. The average molecular weight is 465 g/mol. The number of rotatable bonds is 7. The molecule has 2 aromatic heterocycles. The SMILES string of the molecule is COc1ccccc1[C@@H](CNc1cnn(-c2nc3ccccc3[nH]2)c(=O)c1Cl)N1CCCC1. The fourth-order valence-electron chi connectivity index (χ4n) is 4.38. The number of aromatic amines is 1. The van der Waals surface area contributed by atoms with Crippen LogP contribution in [0.4, 0.5) is 5.69 Å². The number of para-hydroxylation sites is 3. The van der Waals surface area contributed by atoms with Crippen LogP contribution in [0.5, 0.6) is 5.75 Å². The van der Waals surface area contributed by atoms with Crippen molar-refractivity contribution in [1.29, 1.82) is 0 Å². The lowest BCUT2D eigenvalue weighted by molar-refractivity contribution is 0.249. The number of fused-ring (bicyclic) bond motifs is 1. The van der Waals surface area contributed by atoms with Gasteiger partial charge in [0.15, 0.2) is 0 Å². The van der Waals surface area contributed by atoms with E-state index in [9.17, 15) is 4.79 Å². The molecule has 5 rings (SSSR count). The third kappa shape index (κ3) is 4.19. The van der Waals surface area contributed by atoms with Crippen LogP contribution in [0.1, 0.15) is 24.4 Å². The number of hydrogen-bond donors (Lipinski definition) is 2. The molecule has 0 spiro atoms. The van der Waals surface area contributed by atoms with Crippen LogP contribution < -0.4 is 15.6 Å². The number of benzene rings is 2. The Morgan fingerprint density at radius 3 is 2.70 bits per heavy atom. The number of imidazole rings is 1. The molecule has 2 aromatic carbocycles. The van der Waals surface area contributed by atoms with Crippen molar-refractivity contribution in [1.82, 2.24) is 24.6 Å². The molecule has 33 heavy (non-hydrogen) atoms. The summed E-state index contributed by atoms with van der Waals surface area (Å²) < 4.78 is 6.80. The van der Waals surface area contributed by atoms with Crippen LogP contribution in [0.2, 0.25) is 5.02 Å². The Morgan fingerprint density at radius 2 is 1.91 bits per heavy atom. The molecule has 0 unspecified atom stereocenters. The third-order valence-corrected chi connectivity index (χ3v) is 6.43. The van der Waals surface area contributed by atoms with Crippen molar-refractivity contribution < 1.29 is 4.74 Å². The predicted octanol–water partition coefficient (Wildman–Crippen LogP) is 4.02. The minimum atomic E-state index is -0.435. The van der Waals surface area contributed by atoms with Crippen molar-refractivity contribution >= 4 is 28.3 Å². The molecule has 1 atom stereocenters. The fourth-order valence-corrected chi connectivity index (χ4v) is 4.58. The Morgan fingerprint density at radius 1 is 1.15 bits per heavy atom. The first kappa shape index (κ1) is 21.5. The van der Waals surface area contributed by atoms with Crippen molar-refractivity contribution in [3.63, 3.8) is 0 Å². The van der Waals surface area contributed by atoms with Gasteiger partial charge in [-0.25, -0.2) is 4.98 Å². The zero-order valence-electron chi connectivity index (χ0n) is 18.3. The zero-order valence-corrected chi connectivity index (χ0v) is 19.0. The highest BCUT2D eigenvalue weighted by Gasteiger charge is 2.26. The summed E-state index contributed by atoms with van der Waals surface area (Å²) in [4.78, 5) is 23.0. The van der Waals surface area contributed by atoms with Gasteiger partial charge in [0.2, 0.25) is 5.95 Å². The van der Waals surface area contributed by atoms with Crippen LogP contribution >= 0.6 is 11.6 Å². The lowest BCUT2D eigenvalue weighted by Gasteiger charge is -2.29. The topological polar surface area (TPSA) is 88.1 Å². The highest BCUT2D eigenvalue weighted by Crippen LogP contribution is 2.32. The maximum Gasteiger partial charge on any atom is 0.295 e. The van der Waals surface area contributed by atoms with Gasteiger partial charge in [-0.05, 0) is 44.1 Å². The molecule has 0 radical (unpaired) electrons. The second-order valence-corrected chi connectivity index (χ2v) is 8.43. The van der Waals surface area contributed by atoms with Gasteiger partial charge in [-0.15, -0.1) is 0 Å². The predicted molar refractivity (Wildman–Crippen MR) is 130 cm³/mol. The van der Waals surface area contributed by atoms with Gasteiger partial charge in [0.1, 0.15) is 10.8 Å². The van der Waals surface area contributed by atoms with Gasteiger partial charge in [0.05, 0.1) is 36.1 Å². The van der Waals surface area contributed by atoms with Gasteiger partial charge in [-0.3, -0.25) is 9.69 Å². The van der Waals surface area contributed by atoms with Crippen molar-refractivity contribution in [2.75, 3.05) is 32.1 Å². The van der Waals surface area contributed by atoms with Crippen molar-refractivity contribution in [2.24, 2.45) is 0 Å². The van der Waals surface area contributed by atoms with Crippen LogP contribution in [-0.2, 0) is 0 Å². The molecule has 4 aromatic rings. The van der Waals surface area contributed by atoms with Crippen LogP contribution in [0.15, 0.2) is 59.5 Å². The van der Waals surface area contributed by atoms with Gasteiger partial charge in [-0.1, -0.05) is 41.9 Å². The minimum Gasteiger partial charge on any atom is -0.496 e. The van der Waals surface area contributed by atoms with Crippen molar-refractivity contribution in [3.05, 3.63) is 75.7 Å². The van der Waals surface area contributed by atoms with Gasteiger partial charge >= 0.3 is 0 Å². The Kier molecular flexibility index (Phi) is 6.02. The first-order chi connectivity index (χ1) is 16.2. The van der Waals surface area contributed by atoms with E-state index in [1.807, 2.05) is 42.5 Å². The number of anilines is 1. The van der Waals surface area contributed by atoms with E-state index in [4.69, 9.17) is 16.3 Å². The molecule has 2 N–H and O–H groups in total. The third-order valence-electron chi connectivity index (χ3n) is 6.06. The first-order valence-corrected chi connectivity index (χ1v) is 11.4. The van der Waals surface area contributed by atoms with Crippen molar-refractivity contribution in [2.45, 2.75) is 18.9 Å². The van der Waals surface area contributed by atoms with E-state index in [0.717, 1.165) is 35.4 Å². The molecule has 0 bridgehead atoms. The Balaban J connectivity index is 1.42. The number of nitrogens with one attached hydrogen (secondary N) is 2. The number of halogens is 1. The molecule has 9 heteroatoms. The maximum absolute atomic E-state index is 13.0. The Hall–Kier alpha value is -3.36. The summed E-state index contributed by atoms with van der Waals surface area (Å²) in [6, 6.07) is 15.7. The van der Waals surface area contributed by atoms with Crippen molar-refractivity contribution in [3.8, 4) is 11.7 Å². The summed E-state index contributed by atoms with van der Waals surface area (Å²) >= 11 is 6.48. The van der Waals surface area contributed by atoms with Gasteiger partial charge in [0, 0.05) is 12.1 Å². The van der Waals surface area contributed by atoms with Gasteiger partial charge in [-0.2, -0.15) is 9.78 Å². The number of ether oxygens (including phenoxy) is 1. The van der Waals surface area contributed by atoms with Crippen LogP contribution in [0, 0.1) is 0 Å². The van der Waals surface area contributed by atoms with Gasteiger partial charge < -0.3 is 15.0 Å². The number of likely N-dealkylation sites (tertiary alicyclic amines) is 1. The second-order valence-electron chi connectivity index (χ2n) is 8.05. The smallest absolute Gasteiger partial charge is 0.295 e. The molecule has 3 heterocycles. The maximum atomic E-state index is 13.0. The Bertz CT molecular complexity index is 1300. The van der Waals surface area contributed by atoms with Gasteiger partial charge in [0.25, 0.3) is 5.56 Å². The minimum absolute atomic E-state index is 0.0747.